The molecule has 0 aliphatic heterocycles. The lowest BCUT2D eigenvalue weighted by Gasteiger charge is -2.19. The molecule has 8 nitrogen and oxygen atoms in total. The Hall–Kier alpha value is -3.51. The highest BCUT2D eigenvalue weighted by Crippen LogP contribution is 2.16. The summed E-state index contributed by atoms with van der Waals surface area (Å²) in [4.78, 5) is 36.4. The van der Waals surface area contributed by atoms with E-state index in [1.807, 2.05) is 30.3 Å². The Morgan fingerprint density at radius 2 is 1.82 bits per heavy atom. The van der Waals surface area contributed by atoms with Gasteiger partial charge in [-0.05, 0) is 44.5 Å². The lowest BCUT2D eigenvalue weighted by atomic mass is 10.2. The first-order chi connectivity index (χ1) is 15.7. The molecule has 2 aromatic carbocycles. The number of thioether (sulfide) groups is 1. The standard InChI is InChI=1S/C24H28N4O4S/c1-24(2,3)32-23(31)27-19-11-7-10-18(14-19)22(30)26-13-12-20(29)28-21(15-25)33-16-17-8-5-4-6-9-17/h4-11,14,21H,12-13,16H2,1-3H3,(H,26,30)(H,27,31)(H,28,29)/t21-/m1/s1. The van der Waals surface area contributed by atoms with Crippen LogP contribution in [-0.4, -0.2) is 35.4 Å². The number of benzene rings is 2. The third-order valence-electron chi connectivity index (χ3n) is 4.08. The van der Waals surface area contributed by atoms with E-state index in [1.165, 1.54) is 17.8 Å². The van der Waals surface area contributed by atoms with Crippen LogP contribution in [0.2, 0.25) is 0 Å². The van der Waals surface area contributed by atoms with Gasteiger partial charge in [0.1, 0.15) is 5.60 Å². The topological polar surface area (TPSA) is 120 Å². The van der Waals surface area contributed by atoms with Crippen LogP contribution in [-0.2, 0) is 15.3 Å². The normalized spacial score (nSPS) is 11.6. The predicted molar refractivity (Wildman–Crippen MR) is 129 cm³/mol. The molecule has 0 radical (unpaired) electrons. The predicted octanol–water partition coefficient (Wildman–Crippen LogP) is 4.05. The highest BCUT2D eigenvalue weighted by Gasteiger charge is 2.17. The molecule has 9 heteroatoms. The zero-order valence-electron chi connectivity index (χ0n) is 18.9. The number of nitriles is 1. The maximum absolute atomic E-state index is 12.4. The Labute approximate surface area is 198 Å². The summed E-state index contributed by atoms with van der Waals surface area (Å²) < 4.78 is 5.20. The van der Waals surface area contributed by atoms with E-state index in [9.17, 15) is 19.6 Å². The molecule has 0 aliphatic carbocycles. The number of hydrogen-bond donors (Lipinski definition) is 3. The molecule has 33 heavy (non-hydrogen) atoms. The molecular weight excluding hydrogens is 440 g/mol. The fraction of sp³-hybridized carbons (Fsp3) is 0.333. The fourth-order valence-corrected chi connectivity index (χ4v) is 3.48. The highest BCUT2D eigenvalue weighted by atomic mass is 32.2. The van der Waals surface area contributed by atoms with Gasteiger partial charge in [0.2, 0.25) is 5.91 Å². The van der Waals surface area contributed by atoms with Gasteiger partial charge < -0.3 is 15.4 Å². The van der Waals surface area contributed by atoms with Crippen LogP contribution in [0.15, 0.2) is 54.6 Å². The molecule has 0 unspecified atom stereocenters. The Morgan fingerprint density at radius 1 is 1.09 bits per heavy atom. The van der Waals surface area contributed by atoms with Crippen LogP contribution in [0.3, 0.4) is 0 Å². The van der Waals surface area contributed by atoms with Crippen LogP contribution in [0.4, 0.5) is 10.5 Å². The molecule has 174 valence electrons. The molecule has 0 saturated heterocycles. The molecular formula is C24H28N4O4S. The van der Waals surface area contributed by atoms with Gasteiger partial charge in [0.25, 0.3) is 5.91 Å². The van der Waals surface area contributed by atoms with Crippen molar-refractivity contribution in [3.8, 4) is 6.07 Å². The number of amides is 3. The van der Waals surface area contributed by atoms with Crippen LogP contribution >= 0.6 is 11.8 Å². The molecule has 0 aliphatic rings. The first kappa shape index (κ1) is 25.7. The lowest BCUT2D eigenvalue weighted by molar-refractivity contribution is -0.120. The summed E-state index contributed by atoms with van der Waals surface area (Å²) in [6, 6.07) is 18.1. The highest BCUT2D eigenvalue weighted by molar-refractivity contribution is 7.99. The van der Waals surface area contributed by atoms with E-state index in [2.05, 4.69) is 22.0 Å². The summed E-state index contributed by atoms with van der Waals surface area (Å²) in [6.07, 6.45) is -0.583. The van der Waals surface area contributed by atoms with Crippen LogP contribution in [0.1, 0.15) is 43.1 Å². The van der Waals surface area contributed by atoms with Crippen LogP contribution in [0, 0.1) is 11.3 Å². The van der Waals surface area contributed by atoms with E-state index < -0.39 is 17.1 Å². The van der Waals surface area contributed by atoms with Gasteiger partial charge in [-0.2, -0.15) is 5.26 Å². The van der Waals surface area contributed by atoms with Gasteiger partial charge in [-0.1, -0.05) is 36.4 Å². The Morgan fingerprint density at radius 3 is 2.48 bits per heavy atom. The Bertz CT molecular complexity index is 1000. The van der Waals surface area contributed by atoms with Gasteiger partial charge in [0.15, 0.2) is 5.37 Å². The van der Waals surface area contributed by atoms with Gasteiger partial charge >= 0.3 is 6.09 Å². The van der Waals surface area contributed by atoms with Crippen molar-refractivity contribution < 1.29 is 19.1 Å². The summed E-state index contributed by atoms with van der Waals surface area (Å²) in [5.74, 6) is -0.113. The van der Waals surface area contributed by atoms with E-state index in [0.717, 1.165) is 5.56 Å². The number of anilines is 1. The van der Waals surface area contributed by atoms with Gasteiger partial charge in [-0.15, -0.1) is 11.8 Å². The molecule has 0 spiro atoms. The minimum Gasteiger partial charge on any atom is -0.444 e. The fourth-order valence-electron chi connectivity index (χ4n) is 2.63. The van der Waals surface area contributed by atoms with Crippen molar-refractivity contribution in [1.82, 2.24) is 10.6 Å². The molecule has 1 atom stereocenters. The van der Waals surface area contributed by atoms with Crippen molar-refractivity contribution >= 4 is 35.4 Å². The van der Waals surface area contributed by atoms with Crippen molar-refractivity contribution in [3.63, 3.8) is 0 Å². The number of carbonyl (C=O) groups excluding carboxylic acids is 3. The van der Waals surface area contributed by atoms with E-state index in [4.69, 9.17) is 4.74 Å². The smallest absolute Gasteiger partial charge is 0.412 e. The van der Waals surface area contributed by atoms with Crippen LogP contribution in [0.5, 0.6) is 0 Å². The molecule has 0 heterocycles. The number of rotatable bonds is 9. The van der Waals surface area contributed by atoms with Gasteiger partial charge in [-0.25, -0.2) is 4.79 Å². The molecule has 2 rings (SSSR count). The molecule has 0 bridgehead atoms. The van der Waals surface area contributed by atoms with Crippen molar-refractivity contribution in [1.29, 1.82) is 5.26 Å². The van der Waals surface area contributed by atoms with Crippen molar-refractivity contribution in [2.45, 2.75) is 43.9 Å². The molecule has 0 saturated carbocycles. The summed E-state index contributed by atoms with van der Waals surface area (Å²) in [7, 11) is 0. The first-order valence-electron chi connectivity index (χ1n) is 10.4. The molecule has 0 aromatic heterocycles. The second-order valence-corrected chi connectivity index (χ2v) is 9.18. The molecule has 2 aromatic rings. The molecule has 3 amide bonds. The number of hydrogen-bond acceptors (Lipinski definition) is 6. The summed E-state index contributed by atoms with van der Waals surface area (Å²) >= 11 is 1.32. The van der Waals surface area contributed by atoms with E-state index in [-0.39, 0.29) is 24.8 Å². The number of carbonyl (C=O) groups is 3. The largest absolute Gasteiger partial charge is 0.444 e. The van der Waals surface area contributed by atoms with Crippen LogP contribution < -0.4 is 16.0 Å². The minimum atomic E-state index is -0.677. The maximum Gasteiger partial charge on any atom is 0.412 e. The number of nitrogens with one attached hydrogen (secondary N) is 3. The van der Waals surface area contributed by atoms with Gasteiger partial charge in [0.05, 0.1) is 6.07 Å². The maximum atomic E-state index is 12.4. The summed E-state index contributed by atoms with van der Waals surface area (Å²) in [6.45, 7) is 5.38. The average Bonchev–Trinajstić information content (AvgIpc) is 2.76. The molecule has 0 fully saturated rings. The zero-order valence-corrected chi connectivity index (χ0v) is 19.7. The minimum absolute atomic E-state index is 0.0334. The second-order valence-electron chi connectivity index (χ2n) is 8.09. The third-order valence-corrected chi connectivity index (χ3v) is 5.13. The van der Waals surface area contributed by atoms with E-state index >= 15 is 0 Å². The Balaban J connectivity index is 1.77. The third kappa shape index (κ3) is 10.1. The summed E-state index contributed by atoms with van der Waals surface area (Å²) in [5.41, 5.74) is 1.18. The first-order valence-corrected chi connectivity index (χ1v) is 11.4. The monoisotopic (exact) mass is 468 g/mol. The van der Waals surface area contributed by atoms with Crippen molar-refractivity contribution in [2.75, 3.05) is 11.9 Å². The quantitative estimate of drug-likeness (QED) is 0.478. The molecule has 3 N–H and O–H groups in total. The van der Waals surface area contributed by atoms with Crippen molar-refractivity contribution in [3.05, 3.63) is 65.7 Å². The summed E-state index contributed by atoms with van der Waals surface area (Å²) in [5, 5.41) is 16.5. The zero-order chi connectivity index (χ0) is 24.3. The van der Waals surface area contributed by atoms with Gasteiger partial charge in [-0.3, -0.25) is 14.9 Å². The number of nitrogens with zero attached hydrogens (tertiary/aromatic N) is 1. The number of ether oxygens (including phenoxy) is 1. The Kier molecular flexibility index (Phi) is 9.76. The van der Waals surface area contributed by atoms with Gasteiger partial charge in [0, 0.05) is 30.0 Å². The van der Waals surface area contributed by atoms with E-state index in [1.54, 1.807) is 39.0 Å². The van der Waals surface area contributed by atoms with Crippen LogP contribution in [0.25, 0.3) is 0 Å². The second kappa shape index (κ2) is 12.5. The lowest BCUT2D eigenvalue weighted by Crippen LogP contribution is -2.35. The van der Waals surface area contributed by atoms with Crippen molar-refractivity contribution in [2.24, 2.45) is 0 Å². The SMILES string of the molecule is CC(C)(C)OC(=O)Nc1cccc(C(=O)NCCC(=O)N[C@@H](C#N)SCc2ccccc2)c1. The van der Waals surface area contributed by atoms with E-state index in [0.29, 0.717) is 17.0 Å². The average molecular weight is 469 g/mol.